The summed E-state index contributed by atoms with van der Waals surface area (Å²) in [7, 11) is 0. The summed E-state index contributed by atoms with van der Waals surface area (Å²) in [4.78, 5) is 0. The number of aryl methyl sites for hydroxylation is 2. The third-order valence-corrected chi connectivity index (χ3v) is 3.37. The van der Waals surface area contributed by atoms with Crippen LogP contribution in [0.25, 0.3) is 0 Å². The number of hydrogen-bond donors (Lipinski definition) is 1. The van der Waals surface area contributed by atoms with E-state index < -0.39 is 0 Å². The van der Waals surface area contributed by atoms with Crippen LogP contribution in [0.5, 0.6) is 0 Å². The topological polar surface area (TPSA) is 25.2 Å². The van der Waals surface area contributed by atoms with Gasteiger partial charge in [0.25, 0.3) is 0 Å². The number of nitrogens with one attached hydrogen (secondary N) is 1. The Morgan fingerprint density at radius 2 is 1.71 bits per heavy atom. The predicted molar refractivity (Wildman–Crippen MR) is 73.4 cm³/mol. The maximum atomic E-state index is 5.76. The first-order chi connectivity index (χ1) is 7.79. The average Bonchev–Trinajstić information content (AvgIpc) is 2.43. The standard InChI is InChI=1S/C15H27NO/c1-8-9-16-14(15(5,6)7)13-10(2)11(3)17-12(13)4/h14,16H,8-9H2,1-7H3. The molecular weight excluding hydrogens is 210 g/mol. The molecule has 1 unspecified atom stereocenters. The van der Waals surface area contributed by atoms with E-state index in [9.17, 15) is 0 Å². The van der Waals surface area contributed by atoms with E-state index in [0.717, 1.165) is 24.5 Å². The second-order valence-corrected chi connectivity index (χ2v) is 6.01. The molecule has 1 aromatic heterocycles. The molecule has 17 heavy (non-hydrogen) atoms. The second-order valence-electron chi connectivity index (χ2n) is 6.01. The van der Waals surface area contributed by atoms with E-state index in [4.69, 9.17) is 4.42 Å². The van der Waals surface area contributed by atoms with Gasteiger partial charge < -0.3 is 9.73 Å². The Bertz CT molecular complexity index is 371. The Labute approximate surface area is 106 Å². The SMILES string of the molecule is CCCNC(c1c(C)oc(C)c1C)C(C)(C)C. The Hall–Kier alpha value is -0.760. The molecule has 0 fully saturated rings. The molecule has 0 aliphatic heterocycles. The Morgan fingerprint density at radius 3 is 2.06 bits per heavy atom. The fourth-order valence-electron chi connectivity index (χ4n) is 2.36. The summed E-state index contributed by atoms with van der Waals surface area (Å²) in [5.41, 5.74) is 2.84. The summed E-state index contributed by atoms with van der Waals surface area (Å²) in [5, 5.41) is 3.66. The highest BCUT2D eigenvalue weighted by molar-refractivity contribution is 5.35. The van der Waals surface area contributed by atoms with Crippen LogP contribution >= 0.6 is 0 Å². The van der Waals surface area contributed by atoms with Crippen LogP contribution in [0.3, 0.4) is 0 Å². The van der Waals surface area contributed by atoms with E-state index >= 15 is 0 Å². The van der Waals surface area contributed by atoms with Gasteiger partial charge in [-0.2, -0.15) is 0 Å². The lowest BCUT2D eigenvalue weighted by atomic mass is 9.81. The highest BCUT2D eigenvalue weighted by atomic mass is 16.3. The fourth-order valence-corrected chi connectivity index (χ4v) is 2.36. The van der Waals surface area contributed by atoms with Gasteiger partial charge in [0.15, 0.2) is 0 Å². The zero-order valence-electron chi connectivity index (χ0n) is 12.4. The zero-order chi connectivity index (χ0) is 13.2. The first-order valence-corrected chi connectivity index (χ1v) is 6.58. The van der Waals surface area contributed by atoms with Crippen molar-refractivity contribution in [1.82, 2.24) is 5.32 Å². The van der Waals surface area contributed by atoms with Gasteiger partial charge in [-0.25, -0.2) is 0 Å². The number of furan rings is 1. The van der Waals surface area contributed by atoms with Crippen molar-refractivity contribution < 1.29 is 4.42 Å². The van der Waals surface area contributed by atoms with E-state index in [1.54, 1.807) is 0 Å². The van der Waals surface area contributed by atoms with Crippen molar-refractivity contribution in [3.05, 3.63) is 22.6 Å². The third-order valence-electron chi connectivity index (χ3n) is 3.37. The van der Waals surface area contributed by atoms with Crippen molar-refractivity contribution in [2.24, 2.45) is 5.41 Å². The van der Waals surface area contributed by atoms with Gasteiger partial charge in [-0.05, 0) is 44.7 Å². The second kappa shape index (κ2) is 5.26. The molecule has 0 amide bonds. The molecule has 1 atom stereocenters. The van der Waals surface area contributed by atoms with Gasteiger partial charge in [-0.3, -0.25) is 0 Å². The molecule has 0 spiro atoms. The van der Waals surface area contributed by atoms with Crippen LogP contribution in [0.4, 0.5) is 0 Å². The average molecular weight is 237 g/mol. The van der Waals surface area contributed by atoms with Gasteiger partial charge in [-0.1, -0.05) is 27.7 Å². The summed E-state index contributed by atoms with van der Waals surface area (Å²) < 4.78 is 5.76. The minimum Gasteiger partial charge on any atom is -0.466 e. The molecule has 0 aromatic carbocycles. The van der Waals surface area contributed by atoms with Crippen molar-refractivity contribution in [3.63, 3.8) is 0 Å². The van der Waals surface area contributed by atoms with Crippen LogP contribution in [0.2, 0.25) is 0 Å². The van der Waals surface area contributed by atoms with Crippen molar-refractivity contribution >= 4 is 0 Å². The number of rotatable bonds is 4. The first kappa shape index (κ1) is 14.3. The lowest BCUT2D eigenvalue weighted by Crippen LogP contribution is -2.33. The summed E-state index contributed by atoms with van der Waals surface area (Å²) in [5.74, 6) is 2.11. The van der Waals surface area contributed by atoms with Crippen molar-refractivity contribution in [1.29, 1.82) is 0 Å². The van der Waals surface area contributed by atoms with E-state index in [1.807, 2.05) is 6.92 Å². The van der Waals surface area contributed by atoms with Crippen molar-refractivity contribution in [3.8, 4) is 0 Å². The number of hydrogen-bond acceptors (Lipinski definition) is 2. The molecule has 1 rings (SSSR count). The zero-order valence-corrected chi connectivity index (χ0v) is 12.4. The molecule has 2 nitrogen and oxygen atoms in total. The van der Waals surface area contributed by atoms with Crippen LogP contribution < -0.4 is 5.32 Å². The molecule has 1 N–H and O–H groups in total. The largest absolute Gasteiger partial charge is 0.466 e. The summed E-state index contributed by atoms with van der Waals surface area (Å²) in [6.07, 6.45) is 1.15. The molecule has 0 saturated heterocycles. The molecule has 1 aromatic rings. The molecule has 0 aliphatic carbocycles. The molecule has 2 heteroatoms. The van der Waals surface area contributed by atoms with E-state index in [2.05, 4.69) is 46.9 Å². The third kappa shape index (κ3) is 3.12. The fraction of sp³-hybridized carbons (Fsp3) is 0.733. The van der Waals surface area contributed by atoms with Crippen molar-refractivity contribution in [2.75, 3.05) is 6.54 Å². The van der Waals surface area contributed by atoms with Crippen LogP contribution in [0.1, 0.15) is 62.8 Å². The lowest BCUT2D eigenvalue weighted by molar-refractivity contribution is 0.269. The molecule has 0 aliphatic rings. The predicted octanol–water partition coefficient (Wildman–Crippen LogP) is 4.29. The van der Waals surface area contributed by atoms with Gasteiger partial charge in [0, 0.05) is 11.6 Å². The van der Waals surface area contributed by atoms with E-state index in [1.165, 1.54) is 11.1 Å². The molecule has 0 radical (unpaired) electrons. The van der Waals surface area contributed by atoms with Gasteiger partial charge in [0.2, 0.25) is 0 Å². The highest BCUT2D eigenvalue weighted by Gasteiger charge is 2.30. The van der Waals surface area contributed by atoms with Gasteiger partial charge in [-0.15, -0.1) is 0 Å². The maximum Gasteiger partial charge on any atom is 0.106 e. The Morgan fingerprint density at radius 1 is 1.12 bits per heavy atom. The van der Waals surface area contributed by atoms with Gasteiger partial charge in [0.1, 0.15) is 11.5 Å². The van der Waals surface area contributed by atoms with E-state index in [0.29, 0.717) is 6.04 Å². The summed E-state index contributed by atoms with van der Waals surface area (Å²) in [6, 6.07) is 0.361. The molecular formula is C15H27NO. The first-order valence-electron chi connectivity index (χ1n) is 6.58. The smallest absolute Gasteiger partial charge is 0.106 e. The lowest BCUT2D eigenvalue weighted by Gasteiger charge is -2.32. The van der Waals surface area contributed by atoms with Crippen LogP contribution in [-0.4, -0.2) is 6.54 Å². The van der Waals surface area contributed by atoms with Crippen molar-refractivity contribution in [2.45, 2.75) is 60.9 Å². The molecule has 0 saturated carbocycles. The monoisotopic (exact) mass is 237 g/mol. The summed E-state index contributed by atoms with van der Waals surface area (Å²) in [6.45, 7) is 16.4. The minimum atomic E-state index is 0.195. The van der Waals surface area contributed by atoms with Crippen LogP contribution in [-0.2, 0) is 0 Å². The minimum absolute atomic E-state index is 0.195. The highest BCUT2D eigenvalue weighted by Crippen LogP contribution is 2.38. The van der Waals surface area contributed by atoms with Crippen LogP contribution in [0.15, 0.2) is 4.42 Å². The van der Waals surface area contributed by atoms with Gasteiger partial charge >= 0.3 is 0 Å². The van der Waals surface area contributed by atoms with E-state index in [-0.39, 0.29) is 5.41 Å². The molecule has 1 heterocycles. The normalized spacial score (nSPS) is 14.1. The Kier molecular flexibility index (Phi) is 4.42. The maximum absolute atomic E-state index is 5.76. The molecule has 98 valence electrons. The molecule has 0 bridgehead atoms. The quantitative estimate of drug-likeness (QED) is 0.845. The van der Waals surface area contributed by atoms with Gasteiger partial charge in [0.05, 0.1) is 0 Å². The van der Waals surface area contributed by atoms with Crippen LogP contribution in [0, 0.1) is 26.2 Å². The summed E-state index contributed by atoms with van der Waals surface area (Å²) >= 11 is 0. The Balaban J connectivity index is 3.13.